The molecule has 2 aromatic heterocycles. The fourth-order valence-corrected chi connectivity index (χ4v) is 3.91. The average molecular weight is 398 g/mol. The molecule has 0 spiro atoms. The fraction of sp³-hybridized carbons (Fsp3) is 0.350. The molecular formula is C20H19FN4O2S. The van der Waals surface area contributed by atoms with Gasteiger partial charge in [-0.2, -0.15) is 0 Å². The maximum atomic E-state index is 13.4. The zero-order valence-electron chi connectivity index (χ0n) is 15.2. The molecular weight excluding hydrogens is 379 g/mol. The van der Waals surface area contributed by atoms with Gasteiger partial charge >= 0.3 is 0 Å². The van der Waals surface area contributed by atoms with Crippen LogP contribution in [0.15, 0.2) is 46.6 Å². The first kappa shape index (κ1) is 18.7. The van der Waals surface area contributed by atoms with Crippen molar-refractivity contribution in [3.8, 4) is 0 Å². The number of hydrogen-bond donors (Lipinski definition) is 0. The van der Waals surface area contributed by atoms with Gasteiger partial charge in [-0.25, -0.2) is 19.3 Å². The summed E-state index contributed by atoms with van der Waals surface area (Å²) < 4.78 is 14.9. The molecule has 0 radical (unpaired) electrons. The predicted molar refractivity (Wildman–Crippen MR) is 105 cm³/mol. The van der Waals surface area contributed by atoms with Gasteiger partial charge in [-0.3, -0.25) is 14.2 Å². The number of thioether (sulfide) groups is 1. The molecule has 0 atom stereocenters. The highest BCUT2D eigenvalue weighted by atomic mass is 32.2. The van der Waals surface area contributed by atoms with Crippen LogP contribution in [0.3, 0.4) is 0 Å². The molecule has 1 aliphatic carbocycles. The van der Waals surface area contributed by atoms with Crippen molar-refractivity contribution < 1.29 is 9.18 Å². The van der Waals surface area contributed by atoms with Crippen molar-refractivity contribution in [1.82, 2.24) is 19.5 Å². The smallest absolute Gasteiger partial charge is 0.282 e. The number of carbonyl (C=O) groups is 1. The molecule has 1 aromatic carbocycles. The van der Waals surface area contributed by atoms with Gasteiger partial charge in [0.15, 0.2) is 16.3 Å². The number of nitrogens with zero attached hydrogens (tertiary/aromatic N) is 4. The summed E-state index contributed by atoms with van der Waals surface area (Å²) in [5, 5.41) is 0.443. The maximum Gasteiger partial charge on any atom is 0.282 e. The van der Waals surface area contributed by atoms with Crippen LogP contribution in [-0.4, -0.2) is 31.1 Å². The van der Waals surface area contributed by atoms with Crippen molar-refractivity contribution in [2.45, 2.75) is 37.4 Å². The standard InChI is InChI=1S/C20H19FN4O2S/c21-15-3-1-2-13(10-15)6-9-25-19(27)17-18(23-8-7-22-17)24-20(25)28-12-16(26)11-14-4-5-14/h1-3,7-8,10,14H,4-6,9,11-12H2. The Labute approximate surface area is 165 Å². The molecule has 0 amide bonds. The summed E-state index contributed by atoms with van der Waals surface area (Å²) in [4.78, 5) is 37.7. The van der Waals surface area contributed by atoms with E-state index in [1.165, 1.54) is 40.9 Å². The summed E-state index contributed by atoms with van der Waals surface area (Å²) in [5.74, 6) is 0.651. The van der Waals surface area contributed by atoms with E-state index < -0.39 is 0 Å². The van der Waals surface area contributed by atoms with Crippen LogP contribution in [0.2, 0.25) is 0 Å². The summed E-state index contributed by atoms with van der Waals surface area (Å²) in [6.45, 7) is 0.320. The molecule has 144 valence electrons. The van der Waals surface area contributed by atoms with Crippen LogP contribution in [-0.2, 0) is 17.8 Å². The van der Waals surface area contributed by atoms with Gasteiger partial charge in [0.2, 0.25) is 0 Å². The molecule has 1 saturated carbocycles. The number of fused-ring (bicyclic) bond motifs is 1. The van der Waals surface area contributed by atoms with E-state index in [2.05, 4.69) is 15.0 Å². The van der Waals surface area contributed by atoms with Gasteiger partial charge in [0.05, 0.1) is 5.75 Å². The Bertz CT molecular complexity index is 1080. The number of ketones is 1. The Morgan fingerprint density at radius 3 is 2.86 bits per heavy atom. The first-order valence-electron chi connectivity index (χ1n) is 9.20. The Hall–Kier alpha value is -2.61. The monoisotopic (exact) mass is 398 g/mol. The van der Waals surface area contributed by atoms with Gasteiger partial charge in [-0.05, 0) is 42.9 Å². The Balaban J connectivity index is 1.60. The summed E-state index contributed by atoms with van der Waals surface area (Å²) in [7, 11) is 0. The quantitative estimate of drug-likeness (QED) is 0.429. The van der Waals surface area contributed by atoms with E-state index in [9.17, 15) is 14.0 Å². The van der Waals surface area contributed by atoms with Crippen molar-refractivity contribution in [3.05, 3.63) is 58.4 Å². The number of halogens is 1. The number of aryl methyl sites for hydroxylation is 1. The van der Waals surface area contributed by atoms with E-state index in [4.69, 9.17) is 0 Å². The van der Waals surface area contributed by atoms with Crippen molar-refractivity contribution in [3.63, 3.8) is 0 Å². The molecule has 2 heterocycles. The zero-order valence-corrected chi connectivity index (χ0v) is 16.0. The summed E-state index contributed by atoms with van der Waals surface area (Å²) in [6.07, 6.45) is 6.24. The fourth-order valence-electron chi connectivity index (χ4n) is 3.02. The van der Waals surface area contributed by atoms with Gasteiger partial charge in [-0.1, -0.05) is 23.9 Å². The van der Waals surface area contributed by atoms with Crippen LogP contribution < -0.4 is 5.56 Å². The van der Waals surface area contributed by atoms with Crippen LogP contribution in [0.5, 0.6) is 0 Å². The maximum absolute atomic E-state index is 13.4. The van der Waals surface area contributed by atoms with Crippen molar-refractivity contribution >= 4 is 28.7 Å². The average Bonchev–Trinajstić information content (AvgIpc) is 3.50. The molecule has 4 rings (SSSR count). The van der Waals surface area contributed by atoms with Crippen LogP contribution in [0.1, 0.15) is 24.8 Å². The number of Topliss-reactive ketones (excluding diaryl/α,β-unsaturated/α-hetero) is 1. The van der Waals surface area contributed by atoms with E-state index in [0.29, 0.717) is 30.5 Å². The van der Waals surface area contributed by atoms with E-state index in [1.807, 2.05) is 6.07 Å². The van der Waals surface area contributed by atoms with Gasteiger partial charge in [-0.15, -0.1) is 0 Å². The normalized spacial score (nSPS) is 13.8. The first-order chi connectivity index (χ1) is 13.6. The number of aromatic nitrogens is 4. The van der Waals surface area contributed by atoms with Crippen molar-refractivity contribution in [1.29, 1.82) is 0 Å². The summed E-state index contributed by atoms with van der Waals surface area (Å²) >= 11 is 1.25. The molecule has 0 saturated heterocycles. The van der Waals surface area contributed by atoms with Crippen LogP contribution >= 0.6 is 11.8 Å². The van der Waals surface area contributed by atoms with Crippen LogP contribution in [0.4, 0.5) is 4.39 Å². The van der Waals surface area contributed by atoms with Gasteiger partial charge in [0.1, 0.15) is 11.6 Å². The highest BCUT2D eigenvalue weighted by Gasteiger charge is 2.24. The highest BCUT2D eigenvalue weighted by Crippen LogP contribution is 2.33. The Morgan fingerprint density at radius 2 is 2.07 bits per heavy atom. The topological polar surface area (TPSA) is 77.7 Å². The molecule has 0 bridgehead atoms. The molecule has 1 aliphatic rings. The number of benzene rings is 1. The number of carbonyl (C=O) groups excluding carboxylic acids is 1. The Kier molecular flexibility index (Phi) is 5.47. The summed E-state index contributed by atoms with van der Waals surface area (Å²) in [5.41, 5.74) is 0.945. The third-order valence-electron chi connectivity index (χ3n) is 4.65. The molecule has 0 N–H and O–H groups in total. The molecule has 0 aliphatic heterocycles. The minimum atomic E-state index is -0.312. The SMILES string of the molecule is O=C(CSc1nc2nccnc2c(=O)n1CCc1cccc(F)c1)CC1CC1. The minimum Gasteiger partial charge on any atom is -0.299 e. The number of rotatable bonds is 8. The lowest BCUT2D eigenvalue weighted by Gasteiger charge is -2.12. The minimum absolute atomic E-state index is 0.165. The van der Waals surface area contributed by atoms with Crippen molar-refractivity contribution in [2.75, 3.05) is 5.75 Å². The molecule has 3 aromatic rings. The van der Waals surface area contributed by atoms with E-state index in [1.54, 1.807) is 6.07 Å². The second kappa shape index (κ2) is 8.18. The van der Waals surface area contributed by atoms with E-state index >= 15 is 0 Å². The lowest BCUT2D eigenvalue weighted by molar-refractivity contribution is -0.116. The first-order valence-corrected chi connectivity index (χ1v) is 10.2. The van der Waals surface area contributed by atoms with Gasteiger partial charge < -0.3 is 0 Å². The zero-order chi connectivity index (χ0) is 19.5. The molecule has 0 unspecified atom stereocenters. The van der Waals surface area contributed by atoms with E-state index in [-0.39, 0.29) is 34.1 Å². The summed E-state index contributed by atoms with van der Waals surface area (Å²) in [6, 6.07) is 6.29. The molecule has 6 nitrogen and oxygen atoms in total. The predicted octanol–water partition coefficient (Wildman–Crippen LogP) is 3.03. The third kappa shape index (κ3) is 4.44. The highest BCUT2D eigenvalue weighted by molar-refractivity contribution is 7.99. The van der Waals surface area contributed by atoms with Crippen LogP contribution in [0.25, 0.3) is 11.2 Å². The van der Waals surface area contributed by atoms with Gasteiger partial charge in [0.25, 0.3) is 5.56 Å². The largest absolute Gasteiger partial charge is 0.299 e. The second-order valence-electron chi connectivity index (χ2n) is 6.93. The number of hydrogen-bond acceptors (Lipinski definition) is 6. The molecule has 1 fully saturated rings. The lowest BCUT2D eigenvalue weighted by atomic mass is 10.1. The van der Waals surface area contributed by atoms with Crippen molar-refractivity contribution in [2.24, 2.45) is 5.92 Å². The Morgan fingerprint density at radius 1 is 1.25 bits per heavy atom. The second-order valence-corrected chi connectivity index (χ2v) is 7.88. The molecule has 8 heteroatoms. The van der Waals surface area contributed by atoms with Gasteiger partial charge in [0, 0.05) is 25.4 Å². The van der Waals surface area contributed by atoms with Crippen LogP contribution in [0, 0.1) is 11.7 Å². The van der Waals surface area contributed by atoms with E-state index in [0.717, 1.165) is 18.4 Å². The molecule has 28 heavy (non-hydrogen) atoms. The lowest BCUT2D eigenvalue weighted by Crippen LogP contribution is -2.25. The third-order valence-corrected chi connectivity index (χ3v) is 5.68.